The molecule has 2 amide bonds. The van der Waals surface area contributed by atoms with Gasteiger partial charge in [-0.1, -0.05) is 24.3 Å². The van der Waals surface area contributed by atoms with Gasteiger partial charge in [-0.15, -0.1) is 11.3 Å². The first-order valence-corrected chi connectivity index (χ1v) is 8.76. The number of carbonyl (C=O) groups is 2. The fourth-order valence-corrected chi connectivity index (χ4v) is 4.05. The third-order valence-corrected chi connectivity index (χ3v) is 5.39. The second kappa shape index (κ2) is 7.13. The molecule has 2 aromatic rings. The van der Waals surface area contributed by atoms with Crippen molar-refractivity contribution in [3.63, 3.8) is 0 Å². The Balaban J connectivity index is 1.74. The molecule has 24 heavy (non-hydrogen) atoms. The molecule has 1 aromatic carbocycles. The summed E-state index contributed by atoms with van der Waals surface area (Å²) < 4.78 is 13.7. The molecule has 2 heterocycles. The van der Waals surface area contributed by atoms with Crippen LogP contribution in [-0.2, 0) is 16.1 Å². The van der Waals surface area contributed by atoms with E-state index < -0.39 is 0 Å². The average molecular weight is 346 g/mol. The van der Waals surface area contributed by atoms with Gasteiger partial charge in [-0.2, -0.15) is 0 Å². The Bertz CT molecular complexity index is 732. The molecular formula is C18H19FN2O2S. The number of benzene rings is 1. The van der Waals surface area contributed by atoms with Crippen LogP contribution in [0.5, 0.6) is 0 Å². The lowest BCUT2D eigenvalue weighted by Crippen LogP contribution is -2.46. The van der Waals surface area contributed by atoms with Crippen LogP contribution in [0.4, 0.5) is 4.39 Å². The van der Waals surface area contributed by atoms with Gasteiger partial charge in [0.1, 0.15) is 5.82 Å². The third-order valence-electron chi connectivity index (χ3n) is 4.44. The molecule has 1 fully saturated rings. The number of rotatable bonds is 4. The second-order valence-corrected chi connectivity index (χ2v) is 6.90. The van der Waals surface area contributed by atoms with Gasteiger partial charge in [0, 0.05) is 30.5 Å². The Kier molecular flexibility index (Phi) is 4.94. The highest BCUT2D eigenvalue weighted by atomic mass is 32.1. The number of carbonyl (C=O) groups excluding carboxylic acids is 2. The van der Waals surface area contributed by atoms with Gasteiger partial charge in [0.15, 0.2) is 0 Å². The predicted molar refractivity (Wildman–Crippen MR) is 90.8 cm³/mol. The summed E-state index contributed by atoms with van der Waals surface area (Å²) in [5.74, 6) is -0.746. The van der Waals surface area contributed by atoms with Gasteiger partial charge in [-0.3, -0.25) is 9.59 Å². The van der Waals surface area contributed by atoms with E-state index >= 15 is 0 Å². The van der Waals surface area contributed by atoms with Gasteiger partial charge in [0.05, 0.1) is 12.0 Å². The van der Waals surface area contributed by atoms with Crippen molar-refractivity contribution in [3.05, 3.63) is 58.0 Å². The van der Waals surface area contributed by atoms with Crippen LogP contribution in [0.3, 0.4) is 0 Å². The van der Waals surface area contributed by atoms with Crippen molar-refractivity contribution in [2.75, 3.05) is 7.05 Å². The molecule has 0 aliphatic carbocycles. The van der Waals surface area contributed by atoms with E-state index in [4.69, 9.17) is 0 Å². The number of piperidine rings is 1. The molecule has 1 saturated heterocycles. The van der Waals surface area contributed by atoms with Crippen LogP contribution < -0.4 is 5.32 Å². The van der Waals surface area contributed by atoms with Crippen molar-refractivity contribution in [2.24, 2.45) is 5.92 Å². The van der Waals surface area contributed by atoms with E-state index in [0.29, 0.717) is 18.4 Å². The normalized spacial score (nSPS) is 20.9. The van der Waals surface area contributed by atoms with Crippen LogP contribution in [0, 0.1) is 11.7 Å². The highest BCUT2D eigenvalue weighted by molar-refractivity contribution is 7.10. The summed E-state index contributed by atoms with van der Waals surface area (Å²) in [5.41, 5.74) is 0.457. The fraction of sp³-hybridized carbons (Fsp3) is 0.333. The average Bonchev–Trinajstić information content (AvgIpc) is 3.10. The standard InChI is InChI=1S/C18H19FN2O2S/c1-21-16(22)9-8-13(17(21)15-7-4-10-24-15)18(23)20-11-12-5-2-3-6-14(12)19/h2-7,10,13,17H,8-9,11H2,1H3,(H,20,23)/t13-,17-/m1/s1. The SMILES string of the molecule is CN1C(=O)CC[C@@H](C(=O)NCc2ccccc2F)[C@@H]1c1cccs1. The molecule has 0 saturated carbocycles. The topological polar surface area (TPSA) is 49.4 Å². The zero-order valence-corrected chi connectivity index (χ0v) is 14.2. The Hall–Kier alpha value is -2.21. The highest BCUT2D eigenvalue weighted by Gasteiger charge is 2.39. The van der Waals surface area contributed by atoms with Crippen LogP contribution in [-0.4, -0.2) is 23.8 Å². The van der Waals surface area contributed by atoms with Crippen LogP contribution in [0.2, 0.25) is 0 Å². The molecule has 3 rings (SSSR count). The van der Waals surface area contributed by atoms with E-state index in [1.807, 2.05) is 17.5 Å². The smallest absolute Gasteiger partial charge is 0.225 e. The number of hydrogen-bond donors (Lipinski definition) is 1. The molecule has 0 bridgehead atoms. The summed E-state index contributed by atoms with van der Waals surface area (Å²) in [6.45, 7) is 0.150. The molecule has 0 spiro atoms. The van der Waals surface area contributed by atoms with Crippen molar-refractivity contribution in [3.8, 4) is 0 Å². The van der Waals surface area contributed by atoms with Crippen molar-refractivity contribution in [1.29, 1.82) is 0 Å². The summed E-state index contributed by atoms with van der Waals surface area (Å²) in [4.78, 5) is 27.4. The van der Waals surface area contributed by atoms with Gasteiger partial charge in [-0.05, 0) is 23.9 Å². The van der Waals surface area contributed by atoms with Crippen molar-refractivity contribution in [1.82, 2.24) is 10.2 Å². The van der Waals surface area contributed by atoms with E-state index in [9.17, 15) is 14.0 Å². The second-order valence-electron chi connectivity index (χ2n) is 5.92. The molecule has 0 radical (unpaired) electrons. The van der Waals surface area contributed by atoms with Crippen LogP contribution >= 0.6 is 11.3 Å². The largest absolute Gasteiger partial charge is 0.352 e. The van der Waals surface area contributed by atoms with Gasteiger partial charge < -0.3 is 10.2 Å². The Morgan fingerprint density at radius 3 is 2.83 bits per heavy atom. The van der Waals surface area contributed by atoms with Gasteiger partial charge >= 0.3 is 0 Å². The number of hydrogen-bond acceptors (Lipinski definition) is 3. The molecule has 2 atom stereocenters. The zero-order valence-electron chi connectivity index (χ0n) is 13.4. The van der Waals surface area contributed by atoms with Crippen molar-refractivity contribution in [2.45, 2.75) is 25.4 Å². The minimum Gasteiger partial charge on any atom is -0.352 e. The Labute approximate surface area is 144 Å². The number of halogens is 1. The molecule has 4 nitrogen and oxygen atoms in total. The van der Waals surface area contributed by atoms with E-state index in [2.05, 4.69) is 5.32 Å². The molecule has 6 heteroatoms. The first kappa shape index (κ1) is 16.6. The summed E-state index contributed by atoms with van der Waals surface area (Å²) >= 11 is 1.54. The predicted octanol–water partition coefficient (Wildman–Crippen LogP) is 3.11. The molecule has 1 aliphatic rings. The third kappa shape index (κ3) is 3.33. The monoisotopic (exact) mass is 346 g/mol. The Morgan fingerprint density at radius 1 is 1.33 bits per heavy atom. The molecular weight excluding hydrogens is 327 g/mol. The van der Waals surface area contributed by atoms with Crippen LogP contribution in [0.1, 0.15) is 29.3 Å². The van der Waals surface area contributed by atoms with Gasteiger partial charge in [-0.25, -0.2) is 4.39 Å². The van der Waals surface area contributed by atoms with E-state index in [1.54, 1.807) is 30.1 Å². The van der Waals surface area contributed by atoms with E-state index in [-0.39, 0.29) is 36.1 Å². The minimum atomic E-state index is -0.330. The summed E-state index contributed by atoms with van der Waals surface area (Å²) in [7, 11) is 1.74. The maximum atomic E-state index is 13.7. The van der Waals surface area contributed by atoms with Gasteiger partial charge in [0.25, 0.3) is 0 Å². The van der Waals surface area contributed by atoms with Gasteiger partial charge in [0.2, 0.25) is 11.8 Å². The fourth-order valence-electron chi connectivity index (χ4n) is 3.12. The van der Waals surface area contributed by atoms with E-state index in [0.717, 1.165) is 4.88 Å². The lowest BCUT2D eigenvalue weighted by Gasteiger charge is -2.37. The lowest BCUT2D eigenvalue weighted by atomic mass is 9.87. The van der Waals surface area contributed by atoms with Crippen molar-refractivity contribution >= 4 is 23.2 Å². The summed E-state index contributed by atoms with van der Waals surface area (Å²) in [6.07, 6.45) is 0.866. The quantitative estimate of drug-likeness (QED) is 0.925. The van der Waals surface area contributed by atoms with Crippen LogP contribution in [0.25, 0.3) is 0 Å². The number of nitrogens with zero attached hydrogens (tertiary/aromatic N) is 1. The first-order valence-electron chi connectivity index (χ1n) is 7.88. The molecule has 0 unspecified atom stereocenters. The molecule has 126 valence electrons. The number of likely N-dealkylation sites (tertiary alicyclic amines) is 1. The van der Waals surface area contributed by atoms with Crippen molar-refractivity contribution < 1.29 is 14.0 Å². The first-order chi connectivity index (χ1) is 11.6. The zero-order chi connectivity index (χ0) is 17.1. The molecule has 1 aromatic heterocycles. The highest BCUT2D eigenvalue weighted by Crippen LogP contribution is 2.37. The summed E-state index contributed by atoms with van der Waals surface area (Å²) in [5, 5.41) is 4.77. The lowest BCUT2D eigenvalue weighted by molar-refractivity contribution is -0.141. The number of amides is 2. The Morgan fingerprint density at radius 2 is 2.12 bits per heavy atom. The van der Waals surface area contributed by atoms with Crippen LogP contribution in [0.15, 0.2) is 41.8 Å². The number of thiophene rings is 1. The minimum absolute atomic E-state index is 0.0477. The molecule has 1 N–H and O–H groups in total. The van der Waals surface area contributed by atoms with E-state index in [1.165, 1.54) is 17.4 Å². The maximum Gasteiger partial charge on any atom is 0.225 e. The maximum absolute atomic E-state index is 13.7. The number of nitrogens with one attached hydrogen (secondary N) is 1. The summed E-state index contributed by atoms with van der Waals surface area (Å²) in [6, 6.07) is 10.0. The molecule has 1 aliphatic heterocycles.